The van der Waals surface area contributed by atoms with Gasteiger partial charge in [-0.2, -0.15) is 0 Å². The quantitative estimate of drug-likeness (QED) is 0.826. The fraction of sp³-hybridized carbons (Fsp3) is 0.368. The average molecular weight is 312 g/mol. The van der Waals surface area contributed by atoms with Gasteiger partial charge in [0.05, 0.1) is 6.10 Å². The highest BCUT2D eigenvalue weighted by atomic mass is 28.3. The lowest BCUT2D eigenvalue weighted by molar-refractivity contribution is 0.134. The lowest BCUT2D eigenvalue weighted by Crippen LogP contribution is -2.57. The fourth-order valence-electron chi connectivity index (χ4n) is 3.60. The van der Waals surface area contributed by atoms with E-state index in [-0.39, 0.29) is 6.10 Å². The monoisotopic (exact) mass is 311 g/mol. The fourth-order valence-corrected chi connectivity index (χ4v) is 7.44. The number of nitrogens with one attached hydrogen (secondary N) is 1. The maximum atomic E-state index is 10.8. The largest absolute Gasteiger partial charge is 0.393 e. The van der Waals surface area contributed by atoms with E-state index < -0.39 is 8.07 Å². The van der Waals surface area contributed by atoms with Gasteiger partial charge in [0.2, 0.25) is 0 Å². The lowest BCUT2D eigenvalue weighted by Gasteiger charge is -2.32. The Balaban J connectivity index is 1.93. The van der Waals surface area contributed by atoms with Gasteiger partial charge < -0.3 is 10.4 Å². The zero-order valence-electron chi connectivity index (χ0n) is 13.2. The molecule has 0 amide bonds. The molecule has 1 unspecified atom stereocenters. The van der Waals surface area contributed by atoms with Crippen molar-refractivity contribution in [2.45, 2.75) is 25.1 Å². The zero-order valence-corrected chi connectivity index (χ0v) is 14.2. The molecule has 1 aliphatic rings. The lowest BCUT2D eigenvalue weighted by atomic mass is 10.0. The number of aliphatic hydroxyl groups excluding tert-OH is 1. The molecule has 2 aromatic carbocycles. The highest BCUT2D eigenvalue weighted by molar-refractivity contribution is 7.01. The van der Waals surface area contributed by atoms with Gasteiger partial charge in [0, 0.05) is 6.54 Å². The van der Waals surface area contributed by atoms with Crippen LogP contribution in [0.25, 0.3) is 0 Å². The Kier molecular flexibility index (Phi) is 4.77. The molecule has 1 heterocycles. The normalized spacial score (nSPS) is 20.0. The third kappa shape index (κ3) is 3.17. The maximum absolute atomic E-state index is 10.8. The molecule has 1 saturated heterocycles. The van der Waals surface area contributed by atoms with Crippen LogP contribution in [0.4, 0.5) is 0 Å². The van der Waals surface area contributed by atoms with Crippen LogP contribution in [0.15, 0.2) is 60.7 Å². The van der Waals surface area contributed by atoms with Crippen molar-refractivity contribution < 1.29 is 5.11 Å². The van der Waals surface area contributed by atoms with Crippen molar-refractivity contribution in [1.82, 2.24) is 5.32 Å². The molecule has 1 fully saturated rings. The molecule has 2 N–H and O–H groups in total. The molecule has 0 saturated carbocycles. The molecule has 0 spiro atoms. The smallest absolute Gasteiger partial charge is 0.117 e. The Bertz CT molecular complexity index is 541. The molecule has 2 aromatic rings. The second-order valence-electron chi connectivity index (χ2n) is 6.59. The molecule has 116 valence electrons. The molecule has 1 aliphatic heterocycles. The Morgan fingerprint density at radius 1 is 1.05 bits per heavy atom. The molecular formula is C19H25NOSi. The van der Waals surface area contributed by atoms with E-state index in [0.29, 0.717) is 5.92 Å². The second-order valence-corrected chi connectivity index (χ2v) is 10.8. The van der Waals surface area contributed by atoms with Gasteiger partial charge in [-0.15, -0.1) is 0 Å². The van der Waals surface area contributed by atoms with Gasteiger partial charge in [-0.05, 0) is 24.9 Å². The third-order valence-electron chi connectivity index (χ3n) is 5.08. The van der Waals surface area contributed by atoms with E-state index in [1.54, 1.807) is 0 Å². The minimum absolute atomic E-state index is 0.216. The average Bonchev–Trinajstić information content (AvgIpc) is 3.11. The molecule has 3 rings (SSSR count). The molecule has 2 nitrogen and oxygen atoms in total. The van der Waals surface area contributed by atoms with E-state index in [2.05, 4.69) is 72.5 Å². The van der Waals surface area contributed by atoms with Gasteiger partial charge in [-0.1, -0.05) is 77.6 Å². The van der Waals surface area contributed by atoms with Crippen LogP contribution in [-0.4, -0.2) is 32.4 Å². The highest BCUT2D eigenvalue weighted by Crippen LogP contribution is 2.22. The molecular weight excluding hydrogens is 286 g/mol. The minimum atomic E-state index is -1.91. The standard InChI is InChI=1S/C19H25NOSi/c1-22(17-8-4-2-5-9-17,18-10-6-3-7-11-18)15-19(21)16-12-13-20-14-16/h2-11,16,19-21H,12-15H2,1H3/t16?,19-/m1/s1. The Labute approximate surface area is 134 Å². The number of hydrogen-bond donors (Lipinski definition) is 2. The van der Waals surface area contributed by atoms with Crippen molar-refractivity contribution in [3.05, 3.63) is 60.7 Å². The van der Waals surface area contributed by atoms with Gasteiger partial charge in [-0.25, -0.2) is 0 Å². The van der Waals surface area contributed by atoms with Gasteiger partial charge >= 0.3 is 0 Å². The number of benzene rings is 2. The summed E-state index contributed by atoms with van der Waals surface area (Å²) in [5.74, 6) is 0.402. The number of aliphatic hydroxyl groups is 1. The summed E-state index contributed by atoms with van der Waals surface area (Å²) in [4.78, 5) is 0. The van der Waals surface area contributed by atoms with Crippen LogP contribution in [-0.2, 0) is 0 Å². The van der Waals surface area contributed by atoms with Crippen molar-refractivity contribution in [2.75, 3.05) is 13.1 Å². The Hall–Kier alpha value is -1.42. The Morgan fingerprint density at radius 3 is 2.05 bits per heavy atom. The van der Waals surface area contributed by atoms with E-state index in [4.69, 9.17) is 0 Å². The number of rotatable bonds is 5. The van der Waals surface area contributed by atoms with Crippen LogP contribution in [0.3, 0.4) is 0 Å². The van der Waals surface area contributed by atoms with Gasteiger partial charge in [0.25, 0.3) is 0 Å². The first-order valence-corrected chi connectivity index (χ1v) is 10.9. The van der Waals surface area contributed by atoms with Gasteiger partial charge in [0.15, 0.2) is 0 Å². The highest BCUT2D eigenvalue weighted by Gasteiger charge is 2.36. The molecule has 0 bridgehead atoms. The topological polar surface area (TPSA) is 32.3 Å². The summed E-state index contributed by atoms with van der Waals surface area (Å²) >= 11 is 0. The summed E-state index contributed by atoms with van der Waals surface area (Å²) in [6.45, 7) is 4.38. The van der Waals surface area contributed by atoms with Crippen molar-refractivity contribution in [1.29, 1.82) is 0 Å². The zero-order chi connectivity index (χ0) is 15.4. The summed E-state index contributed by atoms with van der Waals surface area (Å²) in [6.07, 6.45) is 0.877. The summed E-state index contributed by atoms with van der Waals surface area (Å²) in [7, 11) is -1.91. The van der Waals surface area contributed by atoms with Crippen LogP contribution < -0.4 is 15.7 Å². The minimum Gasteiger partial charge on any atom is -0.393 e. The summed E-state index contributed by atoms with van der Waals surface area (Å²) in [6, 6.07) is 22.4. The molecule has 3 heteroatoms. The van der Waals surface area contributed by atoms with Crippen molar-refractivity contribution in [3.8, 4) is 0 Å². The predicted molar refractivity (Wildman–Crippen MR) is 95.6 cm³/mol. The van der Waals surface area contributed by atoms with Crippen molar-refractivity contribution >= 4 is 18.4 Å². The third-order valence-corrected chi connectivity index (χ3v) is 9.53. The number of hydrogen-bond acceptors (Lipinski definition) is 2. The van der Waals surface area contributed by atoms with E-state index >= 15 is 0 Å². The first kappa shape index (κ1) is 15.5. The first-order valence-electron chi connectivity index (χ1n) is 8.20. The van der Waals surface area contributed by atoms with E-state index in [1.165, 1.54) is 10.4 Å². The molecule has 0 radical (unpaired) electrons. The van der Waals surface area contributed by atoms with E-state index in [1.807, 2.05) is 0 Å². The van der Waals surface area contributed by atoms with E-state index in [9.17, 15) is 5.11 Å². The van der Waals surface area contributed by atoms with Crippen LogP contribution in [0.5, 0.6) is 0 Å². The van der Waals surface area contributed by atoms with Gasteiger partial charge in [0.1, 0.15) is 8.07 Å². The Morgan fingerprint density at radius 2 is 1.59 bits per heavy atom. The summed E-state index contributed by atoms with van der Waals surface area (Å²) < 4.78 is 0. The SMILES string of the molecule is C[Si](C[C@@H](O)C1CCNC1)(c1ccccc1)c1ccccc1. The predicted octanol–water partition coefficient (Wildman–Crippen LogP) is 1.85. The summed E-state index contributed by atoms with van der Waals surface area (Å²) in [5.41, 5.74) is 0. The van der Waals surface area contributed by atoms with E-state index in [0.717, 1.165) is 25.6 Å². The van der Waals surface area contributed by atoms with Crippen LogP contribution in [0.2, 0.25) is 12.6 Å². The molecule has 2 atom stereocenters. The maximum Gasteiger partial charge on any atom is 0.117 e. The van der Waals surface area contributed by atoms with Crippen molar-refractivity contribution in [3.63, 3.8) is 0 Å². The molecule has 22 heavy (non-hydrogen) atoms. The molecule has 0 aliphatic carbocycles. The first-order chi connectivity index (χ1) is 10.7. The second kappa shape index (κ2) is 6.78. The van der Waals surface area contributed by atoms with Crippen LogP contribution in [0, 0.1) is 5.92 Å². The molecule has 0 aromatic heterocycles. The van der Waals surface area contributed by atoms with Gasteiger partial charge in [-0.3, -0.25) is 0 Å². The summed E-state index contributed by atoms with van der Waals surface area (Å²) in [5, 5.41) is 17.0. The van der Waals surface area contributed by atoms with Crippen LogP contribution in [0.1, 0.15) is 6.42 Å². The van der Waals surface area contributed by atoms with Crippen LogP contribution >= 0.6 is 0 Å². The van der Waals surface area contributed by atoms with Crippen molar-refractivity contribution in [2.24, 2.45) is 5.92 Å².